The van der Waals surface area contributed by atoms with E-state index in [1.807, 2.05) is 13.2 Å². The topological polar surface area (TPSA) is 73.5 Å². The van der Waals surface area contributed by atoms with Gasteiger partial charge in [-0.25, -0.2) is 0 Å². The lowest BCUT2D eigenvalue weighted by atomic mass is 9.79. The third-order valence-electron chi connectivity index (χ3n) is 6.29. The highest BCUT2D eigenvalue weighted by Crippen LogP contribution is 2.37. The minimum absolute atomic E-state index is 0.172. The molecule has 1 aromatic rings. The van der Waals surface area contributed by atoms with Crippen molar-refractivity contribution < 1.29 is 9.53 Å². The van der Waals surface area contributed by atoms with Crippen molar-refractivity contribution in [3.8, 4) is 0 Å². The molecule has 0 aliphatic heterocycles. The van der Waals surface area contributed by atoms with Gasteiger partial charge < -0.3 is 19.9 Å². The number of nitrogens with zero attached hydrogens (tertiary/aromatic N) is 3. The SMILES string of the molecule is CCCCN(CCCOC)C(=O)C1CCC(c2[nH]ncc2CN(C)CCNC)CC1. The van der Waals surface area contributed by atoms with Crippen molar-refractivity contribution in [1.82, 2.24) is 25.3 Å². The van der Waals surface area contributed by atoms with Crippen molar-refractivity contribution in [2.24, 2.45) is 5.92 Å². The van der Waals surface area contributed by atoms with Crippen molar-refractivity contribution in [3.63, 3.8) is 0 Å². The van der Waals surface area contributed by atoms with Crippen molar-refractivity contribution >= 4 is 5.91 Å². The fraction of sp³-hybridized carbons (Fsp3) is 0.826. The van der Waals surface area contributed by atoms with Crippen LogP contribution in [0.5, 0.6) is 0 Å². The Hall–Kier alpha value is -1.44. The van der Waals surface area contributed by atoms with Gasteiger partial charge in [0.2, 0.25) is 5.91 Å². The molecule has 1 aliphatic carbocycles. The summed E-state index contributed by atoms with van der Waals surface area (Å²) in [6.45, 7) is 7.50. The van der Waals surface area contributed by atoms with Gasteiger partial charge in [0.25, 0.3) is 0 Å². The monoisotopic (exact) mass is 421 g/mol. The summed E-state index contributed by atoms with van der Waals surface area (Å²) >= 11 is 0. The second-order valence-electron chi connectivity index (χ2n) is 8.72. The molecule has 1 saturated carbocycles. The van der Waals surface area contributed by atoms with Crippen LogP contribution in [0.25, 0.3) is 0 Å². The molecule has 1 amide bonds. The summed E-state index contributed by atoms with van der Waals surface area (Å²) in [5.41, 5.74) is 2.58. The second kappa shape index (κ2) is 13.8. The predicted molar refractivity (Wildman–Crippen MR) is 122 cm³/mol. The van der Waals surface area contributed by atoms with Crippen LogP contribution in [0.1, 0.15) is 69.0 Å². The van der Waals surface area contributed by atoms with Gasteiger partial charge in [0.15, 0.2) is 0 Å². The average molecular weight is 422 g/mol. The summed E-state index contributed by atoms with van der Waals surface area (Å²) in [7, 11) is 5.86. The summed E-state index contributed by atoms with van der Waals surface area (Å²) in [6, 6.07) is 0. The lowest BCUT2D eigenvalue weighted by molar-refractivity contribution is -0.137. The number of aromatic nitrogens is 2. The van der Waals surface area contributed by atoms with Crippen molar-refractivity contribution in [2.75, 3.05) is 54.0 Å². The quantitative estimate of drug-likeness (QED) is 0.452. The molecule has 0 unspecified atom stereocenters. The maximum Gasteiger partial charge on any atom is 0.225 e. The Morgan fingerprint density at radius 3 is 2.63 bits per heavy atom. The average Bonchev–Trinajstić information content (AvgIpc) is 3.22. The van der Waals surface area contributed by atoms with Crippen LogP contribution in [0, 0.1) is 5.92 Å². The molecule has 30 heavy (non-hydrogen) atoms. The highest BCUT2D eigenvalue weighted by Gasteiger charge is 2.31. The van der Waals surface area contributed by atoms with E-state index in [9.17, 15) is 4.79 Å². The van der Waals surface area contributed by atoms with Gasteiger partial charge in [0, 0.05) is 69.5 Å². The Balaban J connectivity index is 1.89. The van der Waals surface area contributed by atoms with Crippen LogP contribution >= 0.6 is 0 Å². The first-order chi connectivity index (χ1) is 14.6. The molecule has 2 rings (SSSR count). The molecule has 7 heteroatoms. The van der Waals surface area contributed by atoms with E-state index in [4.69, 9.17) is 4.74 Å². The zero-order chi connectivity index (χ0) is 21.8. The predicted octanol–water partition coefficient (Wildman–Crippen LogP) is 3.00. The van der Waals surface area contributed by atoms with Crippen LogP contribution in [0.15, 0.2) is 6.20 Å². The third kappa shape index (κ3) is 7.67. The number of H-pyrrole nitrogens is 1. The molecule has 7 nitrogen and oxygen atoms in total. The van der Waals surface area contributed by atoms with Crippen LogP contribution < -0.4 is 5.32 Å². The maximum atomic E-state index is 13.2. The van der Waals surface area contributed by atoms with Gasteiger partial charge in [-0.1, -0.05) is 13.3 Å². The van der Waals surface area contributed by atoms with E-state index in [0.717, 1.165) is 77.7 Å². The van der Waals surface area contributed by atoms with Gasteiger partial charge in [0.05, 0.1) is 6.20 Å². The molecular formula is C23H43N5O2. The number of hydrogen-bond acceptors (Lipinski definition) is 5. The summed E-state index contributed by atoms with van der Waals surface area (Å²) in [5.74, 6) is 1.02. The number of unbranched alkanes of at least 4 members (excludes halogenated alkanes) is 1. The summed E-state index contributed by atoms with van der Waals surface area (Å²) in [4.78, 5) is 17.6. The fourth-order valence-electron chi connectivity index (χ4n) is 4.44. The van der Waals surface area contributed by atoms with Crippen LogP contribution in [0.3, 0.4) is 0 Å². The molecule has 2 N–H and O–H groups in total. The zero-order valence-electron chi connectivity index (χ0n) is 19.6. The summed E-state index contributed by atoms with van der Waals surface area (Å²) in [5, 5.41) is 10.8. The maximum absolute atomic E-state index is 13.2. The van der Waals surface area contributed by atoms with Gasteiger partial charge in [-0.3, -0.25) is 9.89 Å². The summed E-state index contributed by atoms with van der Waals surface area (Å²) in [6.07, 6.45) is 9.16. The van der Waals surface area contributed by atoms with E-state index in [1.54, 1.807) is 7.11 Å². The highest BCUT2D eigenvalue weighted by atomic mass is 16.5. The number of ether oxygens (including phenoxy) is 1. The molecule has 0 aromatic carbocycles. The van der Waals surface area contributed by atoms with Gasteiger partial charge >= 0.3 is 0 Å². The van der Waals surface area contributed by atoms with Crippen molar-refractivity contribution in [2.45, 2.75) is 64.3 Å². The Morgan fingerprint density at radius 1 is 1.23 bits per heavy atom. The smallest absolute Gasteiger partial charge is 0.225 e. The molecule has 0 bridgehead atoms. The minimum Gasteiger partial charge on any atom is -0.385 e. The number of nitrogens with one attached hydrogen (secondary N) is 2. The molecule has 0 atom stereocenters. The van der Waals surface area contributed by atoms with Crippen LogP contribution in [-0.2, 0) is 16.1 Å². The Morgan fingerprint density at radius 2 is 1.97 bits per heavy atom. The Labute approximate surface area is 182 Å². The number of amides is 1. The Bertz CT molecular complexity index is 598. The molecular weight excluding hydrogens is 378 g/mol. The van der Waals surface area contributed by atoms with E-state index < -0.39 is 0 Å². The molecule has 0 radical (unpaired) electrons. The number of methoxy groups -OCH3 is 1. The molecule has 1 aliphatic rings. The largest absolute Gasteiger partial charge is 0.385 e. The van der Waals surface area contributed by atoms with Gasteiger partial charge in [0.1, 0.15) is 0 Å². The minimum atomic E-state index is 0.172. The number of hydrogen-bond donors (Lipinski definition) is 2. The van der Waals surface area contributed by atoms with Crippen LogP contribution in [0.4, 0.5) is 0 Å². The number of likely N-dealkylation sites (N-methyl/N-ethyl adjacent to an activating group) is 2. The molecule has 1 aromatic heterocycles. The normalized spacial score (nSPS) is 19.4. The standard InChI is InChI=1S/C23H43N5O2/c1-5-6-13-28(14-7-16-30-4)23(29)20-10-8-19(9-11-20)22-21(17-25-26-22)18-27(3)15-12-24-2/h17,19-20,24H,5-16,18H2,1-4H3,(H,25,26). The zero-order valence-corrected chi connectivity index (χ0v) is 19.6. The number of carbonyl (C=O) groups is 1. The van der Waals surface area contributed by atoms with E-state index >= 15 is 0 Å². The van der Waals surface area contributed by atoms with Gasteiger partial charge in [-0.15, -0.1) is 0 Å². The number of carbonyl (C=O) groups excluding carboxylic acids is 1. The number of aromatic amines is 1. The summed E-state index contributed by atoms with van der Waals surface area (Å²) < 4.78 is 5.18. The van der Waals surface area contributed by atoms with Crippen LogP contribution in [-0.4, -0.2) is 79.9 Å². The first-order valence-electron chi connectivity index (χ1n) is 11.7. The first-order valence-corrected chi connectivity index (χ1v) is 11.7. The van der Waals surface area contributed by atoms with Gasteiger partial charge in [-0.2, -0.15) is 5.10 Å². The lowest BCUT2D eigenvalue weighted by Gasteiger charge is -2.32. The van der Waals surface area contributed by atoms with E-state index in [2.05, 4.69) is 39.3 Å². The lowest BCUT2D eigenvalue weighted by Crippen LogP contribution is -2.39. The third-order valence-corrected chi connectivity index (χ3v) is 6.29. The highest BCUT2D eigenvalue weighted by molar-refractivity contribution is 5.79. The second-order valence-corrected chi connectivity index (χ2v) is 8.72. The Kier molecular flexibility index (Phi) is 11.4. The molecule has 172 valence electrons. The molecule has 0 spiro atoms. The number of rotatable bonds is 14. The molecule has 1 fully saturated rings. The van der Waals surface area contributed by atoms with E-state index in [1.165, 1.54) is 11.3 Å². The van der Waals surface area contributed by atoms with Crippen LogP contribution in [0.2, 0.25) is 0 Å². The van der Waals surface area contributed by atoms with Crippen molar-refractivity contribution in [1.29, 1.82) is 0 Å². The van der Waals surface area contributed by atoms with E-state index in [-0.39, 0.29) is 5.92 Å². The molecule has 0 saturated heterocycles. The first kappa shape index (κ1) is 24.8. The fourth-order valence-corrected chi connectivity index (χ4v) is 4.44. The van der Waals surface area contributed by atoms with Gasteiger partial charge in [-0.05, 0) is 52.6 Å². The van der Waals surface area contributed by atoms with Crippen molar-refractivity contribution in [3.05, 3.63) is 17.5 Å². The van der Waals surface area contributed by atoms with E-state index in [0.29, 0.717) is 18.4 Å². The molecule has 1 heterocycles.